The van der Waals surface area contributed by atoms with E-state index in [9.17, 15) is 31.1 Å². The summed E-state index contributed by atoms with van der Waals surface area (Å²) < 4.78 is 85.7. The van der Waals surface area contributed by atoms with Crippen LogP contribution in [0.4, 0.5) is 26.3 Å². The largest absolute Gasteiger partial charge is 0.465 e. The number of hydrogen-bond donors (Lipinski definition) is 0. The number of alkyl halides is 6. The van der Waals surface area contributed by atoms with Gasteiger partial charge < -0.3 is 9.47 Å². The Hall–Kier alpha value is -2.85. The summed E-state index contributed by atoms with van der Waals surface area (Å²) in [4.78, 5) is 11.7. The highest BCUT2D eigenvalue weighted by molar-refractivity contribution is 5.91. The zero-order valence-electron chi connectivity index (χ0n) is 13.2. The molecule has 1 aromatic heterocycles. The zero-order chi connectivity index (χ0) is 19.7. The van der Waals surface area contributed by atoms with Gasteiger partial charge in [0.15, 0.2) is 5.69 Å². The molecule has 0 saturated heterocycles. The summed E-state index contributed by atoms with van der Waals surface area (Å²) in [5.74, 6) is -1.95. The van der Waals surface area contributed by atoms with Crippen LogP contribution in [0, 0.1) is 6.92 Å². The maximum atomic E-state index is 12.7. The first-order valence-electron chi connectivity index (χ1n) is 6.82. The Morgan fingerprint density at radius 2 is 1.65 bits per heavy atom. The van der Waals surface area contributed by atoms with Crippen LogP contribution in [0.25, 0.3) is 0 Å². The molecule has 5 nitrogen and oxygen atoms in total. The number of halogens is 6. The molecule has 0 aliphatic rings. The van der Waals surface area contributed by atoms with Crippen molar-refractivity contribution in [3.8, 4) is 11.6 Å². The second-order valence-electron chi connectivity index (χ2n) is 5.02. The molecule has 1 heterocycles. The standard InChI is InChI=1S/C15H10F6N2O3/c1-7-5-8(14(16,17)18)3-4-10(7)26-12-9(13(24)25-2)6-11(22-23-12)15(19,20)21/h3-6H,1-2H3. The van der Waals surface area contributed by atoms with Crippen LogP contribution in [0.1, 0.15) is 27.2 Å². The predicted octanol–water partition coefficient (Wildman–Crippen LogP) is 4.40. The first-order valence-corrected chi connectivity index (χ1v) is 6.82. The van der Waals surface area contributed by atoms with Gasteiger partial charge in [0.05, 0.1) is 12.7 Å². The highest BCUT2D eigenvalue weighted by Crippen LogP contribution is 2.35. The molecule has 0 radical (unpaired) electrons. The number of ether oxygens (including phenoxy) is 2. The summed E-state index contributed by atoms with van der Waals surface area (Å²) in [6.45, 7) is 1.29. The second kappa shape index (κ2) is 6.81. The lowest BCUT2D eigenvalue weighted by Gasteiger charge is -2.14. The Morgan fingerprint density at radius 3 is 2.15 bits per heavy atom. The van der Waals surface area contributed by atoms with E-state index in [1.54, 1.807) is 0 Å². The zero-order valence-corrected chi connectivity index (χ0v) is 13.2. The van der Waals surface area contributed by atoms with Crippen LogP contribution in [-0.2, 0) is 17.1 Å². The van der Waals surface area contributed by atoms with E-state index in [-0.39, 0.29) is 11.3 Å². The Morgan fingerprint density at radius 1 is 1.00 bits per heavy atom. The number of hydrogen-bond acceptors (Lipinski definition) is 5. The molecule has 0 saturated carbocycles. The number of carbonyl (C=O) groups excluding carboxylic acids is 1. The van der Waals surface area contributed by atoms with Crippen molar-refractivity contribution in [1.29, 1.82) is 0 Å². The van der Waals surface area contributed by atoms with Crippen molar-refractivity contribution in [2.75, 3.05) is 7.11 Å². The lowest BCUT2D eigenvalue weighted by Crippen LogP contribution is -2.14. The maximum absolute atomic E-state index is 12.7. The lowest BCUT2D eigenvalue weighted by atomic mass is 10.1. The number of aromatic nitrogens is 2. The van der Waals surface area contributed by atoms with Crippen molar-refractivity contribution in [3.63, 3.8) is 0 Å². The minimum atomic E-state index is -4.86. The molecule has 11 heteroatoms. The lowest BCUT2D eigenvalue weighted by molar-refractivity contribution is -0.142. The van der Waals surface area contributed by atoms with Gasteiger partial charge in [0.1, 0.15) is 11.3 Å². The number of nitrogens with zero attached hydrogens (tertiary/aromatic N) is 2. The van der Waals surface area contributed by atoms with E-state index in [1.165, 1.54) is 6.92 Å². The highest BCUT2D eigenvalue weighted by atomic mass is 19.4. The van der Waals surface area contributed by atoms with E-state index in [2.05, 4.69) is 14.9 Å². The van der Waals surface area contributed by atoms with Gasteiger partial charge in [-0.3, -0.25) is 0 Å². The molecule has 0 spiro atoms. The summed E-state index contributed by atoms with van der Waals surface area (Å²) >= 11 is 0. The van der Waals surface area contributed by atoms with Crippen LogP contribution in [-0.4, -0.2) is 23.3 Å². The summed E-state index contributed by atoms with van der Waals surface area (Å²) in [7, 11) is 0.934. The van der Waals surface area contributed by atoms with Crippen LogP contribution in [0.2, 0.25) is 0 Å². The first kappa shape index (κ1) is 19.5. The molecule has 140 valence electrons. The van der Waals surface area contributed by atoms with Crippen LogP contribution in [0.3, 0.4) is 0 Å². The van der Waals surface area contributed by atoms with Gasteiger partial charge in [-0.15, -0.1) is 10.2 Å². The van der Waals surface area contributed by atoms with Crippen molar-refractivity contribution in [1.82, 2.24) is 10.2 Å². The fraction of sp³-hybridized carbons (Fsp3) is 0.267. The number of aryl methyl sites for hydroxylation is 1. The van der Waals surface area contributed by atoms with Crippen molar-refractivity contribution >= 4 is 5.97 Å². The molecule has 1 aromatic carbocycles. The smallest absolute Gasteiger partial charge is 0.435 e. The minimum absolute atomic E-state index is 0.0253. The van der Waals surface area contributed by atoms with Gasteiger partial charge >= 0.3 is 18.3 Å². The molecule has 0 aliphatic carbocycles. The van der Waals surface area contributed by atoms with Gasteiger partial charge in [0, 0.05) is 0 Å². The number of methoxy groups -OCH3 is 1. The van der Waals surface area contributed by atoms with Crippen LogP contribution in [0.15, 0.2) is 24.3 Å². The molecule has 0 N–H and O–H groups in total. The van der Waals surface area contributed by atoms with E-state index in [1.807, 2.05) is 0 Å². The first-order chi connectivity index (χ1) is 11.9. The molecule has 2 aromatic rings. The monoisotopic (exact) mass is 380 g/mol. The molecule has 0 bridgehead atoms. The third kappa shape index (κ3) is 4.21. The fourth-order valence-corrected chi connectivity index (χ4v) is 1.89. The van der Waals surface area contributed by atoms with Gasteiger partial charge in [-0.2, -0.15) is 26.3 Å². The predicted molar refractivity (Wildman–Crippen MR) is 74.6 cm³/mol. The molecule has 2 rings (SSSR count). The van der Waals surface area contributed by atoms with E-state index >= 15 is 0 Å². The number of rotatable bonds is 3. The normalized spacial score (nSPS) is 12.0. The Kier molecular flexibility index (Phi) is 5.10. The van der Waals surface area contributed by atoms with E-state index in [4.69, 9.17) is 4.74 Å². The minimum Gasteiger partial charge on any atom is -0.465 e. The maximum Gasteiger partial charge on any atom is 0.435 e. The third-order valence-electron chi connectivity index (χ3n) is 3.16. The van der Waals surface area contributed by atoms with Gasteiger partial charge in [0.25, 0.3) is 5.88 Å². The fourth-order valence-electron chi connectivity index (χ4n) is 1.89. The van der Waals surface area contributed by atoms with Crippen LogP contribution in [0.5, 0.6) is 11.6 Å². The quantitative estimate of drug-likeness (QED) is 0.584. The molecule has 0 amide bonds. The SMILES string of the molecule is COC(=O)c1cc(C(F)(F)F)nnc1Oc1ccc(C(F)(F)F)cc1C. The van der Waals surface area contributed by atoms with Crippen LogP contribution < -0.4 is 4.74 Å². The Labute approximate surface area is 142 Å². The average Bonchev–Trinajstić information content (AvgIpc) is 2.54. The second-order valence-corrected chi connectivity index (χ2v) is 5.02. The topological polar surface area (TPSA) is 61.3 Å². The van der Waals surface area contributed by atoms with E-state index < -0.39 is 41.0 Å². The van der Waals surface area contributed by atoms with Gasteiger partial charge in [-0.25, -0.2) is 4.79 Å². The summed E-state index contributed by atoms with van der Waals surface area (Å²) in [5.41, 5.74) is -3.03. The molecule has 0 aliphatic heterocycles. The Bertz CT molecular complexity index is 833. The van der Waals surface area contributed by atoms with E-state index in [0.29, 0.717) is 6.07 Å². The van der Waals surface area contributed by atoms with Crippen molar-refractivity contribution in [3.05, 3.63) is 46.6 Å². The number of esters is 1. The van der Waals surface area contributed by atoms with Gasteiger partial charge in [0.2, 0.25) is 0 Å². The van der Waals surface area contributed by atoms with Crippen LogP contribution >= 0.6 is 0 Å². The van der Waals surface area contributed by atoms with E-state index in [0.717, 1.165) is 25.3 Å². The molecule has 0 fully saturated rings. The number of carbonyl (C=O) groups is 1. The molecular formula is C15H10F6N2O3. The molecular weight excluding hydrogens is 370 g/mol. The molecule has 0 atom stereocenters. The third-order valence-corrected chi connectivity index (χ3v) is 3.16. The van der Waals surface area contributed by atoms with Crippen molar-refractivity contribution in [2.24, 2.45) is 0 Å². The summed E-state index contributed by atoms with van der Waals surface area (Å²) in [6.07, 6.45) is -9.44. The summed E-state index contributed by atoms with van der Waals surface area (Å²) in [6, 6.07) is 2.84. The molecule has 26 heavy (non-hydrogen) atoms. The van der Waals surface area contributed by atoms with Crippen molar-refractivity contribution in [2.45, 2.75) is 19.3 Å². The highest BCUT2D eigenvalue weighted by Gasteiger charge is 2.35. The van der Waals surface area contributed by atoms with Crippen molar-refractivity contribution < 1.29 is 40.6 Å². The number of benzene rings is 1. The average molecular weight is 380 g/mol. The molecule has 0 unspecified atom stereocenters. The summed E-state index contributed by atoms with van der Waals surface area (Å²) in [5, 5.41) is 6.13. The Balaban J connectivity index is 2.45. The van der Waals surface area contributed by atoms with Gasteiger partial charge in [-0.1, -0.05) is 0 Å². The van der Waals surface area contributed by atoms with Gasteiger partial charge in [-0.05, 0) is 36.8 Å².